The highest BCUT2D eigenvalue weighted by atomic mass is 32.2. The fourth-order valence-electron chi connectivity index (χ4n) is 1.61. The van der Waals surface area contributed by atoms with Gasteiger partial charge in [0.05, 0.1) is 16.8 Å². The van der Waals surface area contributed by atoms with Crippen LogP contribution in [0.25, 0.3) is 0 Å². The number of nitro benzene ring substituents is 1. The summed E-state index contributed by atoms with van der Waals surface area (Å²) < 4.78 is 26.5. The van der Waals surface area contributed by atoms with Crippen molar-refractivity contribution in [1.82, 2.24) is 9.97 Å². The lowest BCUT2D eigenvalue weighted by Crippen LogP contribution is -2.14. The van der Waals surface area contributed by atoms with Gasteiger partial charge in [0, 0.05) is 12.1 Å². The maximum absolute atomic E-state index is 12.1. The molecule has 0 spiro atoms. The number of hydrogen-bond acceptors (Lipinski definition) is 5. The summed E-state index contributed by atoms with van der Waals surface area (Å²) >= 11 is 0. The number of aryl methyl sites for hydroxylation is 2. The van der Waals surface area contributed by atoms with Gasteiger partial charge in [0.25, 0.3) is 15.7 Å². The number of nitrogens with zero attached hydrogens (tertiary/aromatic N) is 2. The fraction of sp³-hybridized carbons (Fsp3) is 0.182. The summed E-state index contributed by atoms with van der Waals surface area (Å²) in [6.45, 7) is 3.22. The number of H-pyrrole nitrogens is 1. The Bertz CT molecular complexity index is 766. The van der Waals surface area contributed by atoms with Crippen LogP contribution in [0.1, 0.15) is 11.4 Å². The average Bonchev–Trinajstić information content (AvgIpc) is 2.79. The number of benzene rings is 1. The number of anilines is 1. The first-order valence-corrected chi connectivity index (χ1v) is 7.07. The van der Waals surface area contributed by atoms with E-state index in [2.05, 4.69) is 14.7 Å². The summed E-state index contributed by atoms with van der Waals surface area (Å²) in [6.07, 6.45) is 1.21. The van der Waals surface area contributed by atoms with E-state index in [0.717, 1.165) is 0 Å². The maximum atomic E-state index is 12.1. The molecule has 20 heavy (non-hydrogen) atoms. The van der Waals surface area contributed by atoms with Crippen LogP contribution in [0.15, 0.2) is 29.4 Å². The SMILES string of the molecule is Cc1ncc(S(=O)(=O)Nc2ccc([N+](=O)[O-])cc2C)[nH]1. The molecular weight excluding hydrogens is 284 g/mol. The van der Waals surface area contributed by atoms with E-state index >= 15 is 0 Å². The first-order valence-electron chi connectivity index (χ1n) is 5.59. The Morgan fingerprint density at radius 3 is 2.55 bits per heavy atom. The van der Waals surface area contributed by atoms with Crippen LogP contribution in [0, 0.1) is 24.0 Å². The molecular formula is C11H12N4O4S. The summed E-state index contributed by atoms with van der Waals surface area (Å²) in [7, 11) is -3.79. The van der Waals surface area contributed by atoms with E-state index in [-0.39, 0.29) is 16.4 Å². The molecule has 2 rings (SSSR count). The molecule has 2 aromatic rings. The largest absolute Gasteiger partial charge is 0.332 e. The molecule has 106 valence electrons. The minimum absolute atomic E-state index is 0.0623. The van der Waals surface area contributed by atoms with Crippen LogP contribution in [0.4, 0.5) is 11.4 Å². The minimum Gasteiger partial charge on any atom is -0.332 e. The van der Waals surface area contributed by atoms with Crippen molar-refractivity contribution >= 4 is 21.4 Å². The van der Waals surface area contributed by atoms with E-state index in [1.807, 2.05) is 0 Å². The molecule has 0 radical (unpaired) electrons. The van der Waals surface area contributed by atoms with Gasteiger partial charge in [-0.3, -0.25) is 14.8 Å². The lowest BCUT2D eigenvalue weighted by molar-refractivity contribution is -0.384. The summed E-state index contributed by atoms with van der Waals surface area (Å²) in [5, 5.41) is 10.6. The molecule has 0 atom stereocenters. The topological polar surface area (TPSA) is 118 Å². The predicted molar refractivity (Wildman–Crippen MR) is 72.0 cm³/mol. The van der Waals surface area contributed by atoms with Gasteiger partial charge in [-0.25, -0.2) is 4.98 Å². The zero-order chi connectivity index (χ0) is 14.9. The number of rotatable bonds is 4. The zero-order valence-corrected chi connectivity index (χ0v) is 11.6. The van der Waals surface area contributed by atoms with Gasteiger partial charge in [0.2, 0.25) is 0 Å². The second-order valence-corrected chi connectivity index (χ2v) is 5.85. The Morgan fingerprint density at radius 2 is 2.05 bits per heavy atom. The van der Waals surface area contributed by atoms with E-state index in [9.17, 15) is 18.5 Å². The normalized spacial score (nSPS) is 11.3. The second kappa shape index (κ2) is 4.93. The zero-order valence-electron chi connectivity index (χ0n) is 10.7. The average molecular weight is 296 g/mol. The van der Waals surface area contributed by atoms with Crippen molar-refractivity contribution < 1.29 is 13.3 Å². The molecule has 9 heteroatoms. The van der Waals surface area contributed by atoms with Crippen LogP contribution in [0.2, 0.25) is 0 Å². The molecule has 1 aromatic carbocycles. The van der Waals surface area contributed by atoms with Gasteiger partial charge in [-0.2, -0.15) is 8.42 Å². The van der Waals surface area contributed by atoms with Gasteiger partial charge in [-0.15, -0.1) is 0 Å². The second-order valence-electron chi connectivity index (χ2n) is 4.19. The minimum atomic E-state index is -3.79. The van der Waals surface area contributed by atoms with E-state index < -0.39 is 14.9 Å². The summed E-state index contributed by atoms with van der Waals surface area (Å²) in [4.78, 5) is 16.5. The molecule has 1 heterocycles. The number of hydrogen-bond donors (Lipinski definition) is 2. The predicted octanol–water partition coefficient (Wildman–Crippen LogP) is 1.74. The molecule has 0 saturated heterocycles. The van der Waals surface area contributed by atoms with Gasteiger partial charge in [-0.1, -0.05) is 0 Å². The van der Waals surface area contributed by atoms with E-state index in [1.54, 1.807) is 13.8 Å². The molecule has 0 aliphatic carbocycles. The van der Waals surface area contributed by atoms with Crippen LogP contribution in [-0.4, -0.2) is 23.3 Å². The number of sulfonamides is 1. The van der Waals surface area contributed by atoms with E-state index in [0.29, 0.717) is 11.4 Å². The Hall–Kier alpha value is -2.42. The Balaban J connectivity index is 2.32. The Kier molecular flexibility index (Phi) is 3.45. The molecule has 2 N–H and O–H groups in total. The van der Waals surface area contributed by atoms with E-state index in [1.165, 1.54) is 24.4 Å². The third-order valence-corrected chi connectivity index (χ3v) is 3.91. The fourth-order valence-corrected chi connectivity index (χ4v) is 2.71. The third-order valence-electron chi connectivity index (χ3n) is 2.63. The van der Waals surface area contributed by atoms with Crippen LogP contribution in [-0.2, 0) is 10.0 Å². The van der Waals surface area contributed by atoms with Crippen LogP contribution < -0.4 is 4.72 Å². The lowest BCUT2D eigenvalue weighted by Gasteiger charge is -2.08. The monoisotopic (exact) mass is 296 g/mol. The van der Waals surface area contributed by atoms with Gasteiger partial charge >= 0.3 is 0 Å². The summed E-state index contributed by atoms with van der Waals surface area (Å²) in [5.74, 6) is 0.478. The van der Waals surface area contributed by atoms with Gasteiger partial charge in [0.15, 0.2) is 5.03 Å². The van der Waals surface area contributed by atoms with Crippen molar-refractivity contribution in [2.75, 3.05) is 4.72 Å². The maximum Gasteiger partial charge on any atom is 0.278 e. The van der Waals surface area contributed by atoms with Gasteiger partial charge in [0.1, 0.15) is 5.82 Å². The molecule has 0 saturated carbocycles. The number of imidazole rings is 1. The number of aromatic amines is 1. The summed E-state index contributed by atoms with van der Waals surface area (Å²) in [6, 6.07) is 3.90. The Labute approximate surface area is 115 Å². The molecule has 0 bridgehead atoms. The number of nitrogens with one attached hydrogen (secondary N) is 2. The highest BCUT2D eigenvalue weighted by molar-refractivity contribution is 7.92. The molecule has 0 fully saturated rings. The first kappa shape index (κ1) is 14.0. The molecule has 0 aliphatic heterocycles. The molecule has 0 amide bonds. The van der Waals surface area contributed by atoms with Crippen molar-refractivity contribution in [3.63, 3.8) is 0 Å². The van der Waals surface area contributed by atoms with Crippen molar-refractivity contribution in [2.45, 2.75) is 18.9 Å². The van der Waals surface area contributed by atoms with Crippen LogP contribution in [0.5, 0.6) is 0 Å². The Morgan fingerprint density at radius 1 is 1.35 bits per heavy atom. The van der Waals surface area contributed by atoms with Crippen molar-refractivity contribution in [3.05, 3.63) is 45.9 Å². The number of non-ortho nitro benzene ring substituents is 1. The lowest BCUT2D eigenvalue weighted by atomic mass is 10.2. The standard InChI is InChI=1S/C11H12N4O4S/c1-7-5-9(15(16)17)3-4-10(7)14-20(18,19)11-6-12-8(2)13-11/h3-6,14H,1-2H3,(H,12,13). The van der Waals surface area contributed by atoms with Gasteiger partial charge < -0.3 is 4.98 Å². The number of aromatic nitrogens is 2. The van der Waals surface area contributed by atoms with Gasteiger partial charge in [-0.05, 0) is 25.5 Å². The molecule has 1 aromatic heterocycles. The molecule has 0 aliphatic rings. The quantitative estimate of drug-likeness (QED) is 0.658. The van der Waals surface area contributed by atoms with E-state index in [4.69, 9.17) is 0 Å². The summed E-state index contributed by atoms with van der Waals surface area (Å²) in [5.41, 5.74) is 0.643. The molecule has 0 unspecified atom stereocenters. The van der Waals surface area contributed by atoms with Crippen molar-refractivity contribution in [3.8, 4) is 0 Å². The van der Waals surface area contributed by atoms with Crippen molar-refractivity contribution in [1.29, 1.82) is 0 Å². The highest BCUT2D eigenvalue weighted by Crippen LogP contribution is 2.23. The number of nitro groups is 1. The van der Waals surface area contributed by atoms with Crippen molar-refractivity contribution in [2.24, 2.45) is 0 Å². The smallest absolute Gasteiger partial charge is 0.278 e. The first-order chi connectivity index (χ1) is 9.29. The highest BCUT2D eigenvalue weighted by Gasteiger charge is 2.18. The van der Waals surface area contributed by atoms with Crippen LogP contribution >= 0.6 is 0 Å². The molecule has 8 nitrogen and oxygen atoms in total. The third kappa shape index (κ3) is 2.77. The van der Waals surface area contributed by atoms with Crippen LogP contribution in [0.3, 0.4) is 0 Å².